The zero-order valence-corrected chi connectivity index (χ0v) is 79.6. The molecule has 4 amide bonds. The number of hydrogen-bond acceptors (Lipinski definition) is 16. The van der Waals surface area contributed by atoms with Gasteiger partial charge in [0, 0.05) is 79.3 Å². The number of imidazole rings is 4. The van der Waals surface area contributed by atoms with Crippen molar-refractivity contribution in [1.29, 1.82) is 0 Å². The summed E-state index contributed by atoms with van der Waals surface area (Å²) in [6.07, 6.45) is 17.9. The van der Waals surface area contributed by atoms with Crippen LogP contribution in [-0.2, 0) is 45.6 Å². The molecule has 0 fully saturated rings. The van der Waals surface area contributed by atoms with Gasteiger partial charge in [0.2, 0.25) is 23.6 Å². The van der Waals surface area contributed by atoms with E-state index in [0.29, 0.717) is 169 Å². The summed E-state index contributed by atoms with van der Waals surface area (Å²) in [7, 11) is 0. The highest BCUT2D eigenvalue weighted by molar-refractivity contribution is 6.35. The van der Waals surface area contributed by atoms with E-state index in [1.165, 1.54) is 35.9 Å². The number of aryl methyl sites for hydroxylation is 1. The fourth-order valence-corrected chi connectivity index (χ4v) is 16.6. The highest BCUT2D eigenvalue weighted by atomic mass is 35.5. The number of anilines is 4. The number of nitrogens with zero attached hydrogens (tertiary/aromatic N) is 12. The molecule has 0 aliphatic heterocycles. The van der Waals surface area contributed by atoms with Gasteiger partial charge in [0.25, 0.3) is 0 Å². The van der Waals surface area contributed by atoms with Crippen LogP contribution in [0.3, 0.4) is 0 Å². The number of aromatic nitrogens is 12. The third-order valence-electron chi connectivity index (χ3n) is 22.8. The largest absolute Gasteiger partial charge is 0.489 e. The van der Waals surface area contributed by atoms with E-state index in [1.54, 1.807) is 280 Å². The Morgan fingerprint density at radius 3 is 0.897 bits per heavy atom. The summed E-state index contributed by atoms with van der Waals surface area (Å²) in [5.74, 6) is 0.867. The molecule has 0 unspecified atom stereocenters. The summed E-state index contributed by atoms with van der Waals surface area (Å²) in [5.41, 5.74) is 15.8. The van der Waals surface area contributed by atoms with Crippen LogP contribution in [0.1, 0.15) is 27.8 Å². The molecule has 0 atom stereocenters. The van der Waals surface area contributed by atoms with Crippen molar-refractivity contribution < 1.29 is 42.5 Å². The van der Waals surface area contributed by atoms with Gasteiger partial charge in [-0.25, -0.2) is 23.6 Å². The molecule has 20 rings (SSSR count). The summed E-state index contributed by atoms with van der Waals surface area (Å²) in [4.78, 5) is 118. The molecule has 718 valence electrons. The summed E-state index contributed by atoms with van der Waals surface area (Å²) in [6, 6.07) is 91.5. The van der Waals surface area contributed by atoms with Gasteiger partial charge in [-0.15, -0.1) is 0 Å². The number of carbonyl (C=O) groups excluding carboxylic acids is 4. The number of carbonyl (C=O) groups is 4. The predicted octanol–water partition coefficient (Wildman–Crippen LogP) is 21.9. The molecule has 20 aromatic rings. The van der Waals surface area contributed by atoms with E-state index in [9.17, 15) is 42.7 Å². The topological polar surface area (TPSA) is 313 Å². The molecule has 0 aliphatic rings. The Hall–Kier alpha value is -18.8. The smallest absolute Gasteiger partial charge is 0.338 e. The number of nitrogens with one attached hydrogen (secondary N) is 4. The van der Waals surface area contributed by atoms with Gasteiger partial charge < -0.3 is 40.2 Å². The highest BCUT2D eigenvalue weighted by Gasteiger charge is 2.24. The Morgan fingerprint density at radius 1 is 0.297 bits per heavy atom. The molecule has 145 heavy (non-hydrogen) atoms. The number of ether oxygens (including phenoxy) is 4. The Balaban J connectivity index is 0.000000132. The summed E-state index contributed by atoms with van der Waals surface area (Å²) in [5, 5.41) is 12.6. The number of fused-ring (bicyclic) bond motifs is 4. The molecule has 28 nitrogen and oxygen atoms in total. The third-order valence-corrected chi connectivity index (χ3v) is 23.7. The first-order chi connectivity index (χ1) is 70.6. The van der Waals surface area contributed by atoms with E-state index in [2.05, 4.69) is 86.6 Å². The van der Waals surface area contributed by atoms with Gasteiger partial charge in [-0.1, -0.05) is 158 Å². The van der Waals surface area contributed by atoms with Crippen LogP contribution >= 0.6 is 34.8 Å². The number of pyridine rings is 4. The van der Waals surface area contributed by atoms with E-state index >= 15 is 0 Å². The van der Waals surface area contributed by atoms with Gasteiger partial charge in [0.15, 0.2) is 0 Å². The highest BCUT2D eigenvalue weighted by Crippen LogP contribution is 2.33. The average molecular weight is 1990 g/mol. The lowest BCUT2D eigenvalue weighted by Gasteiger charge is -2.09. The minimum absolute atomic E-state index is 0.0912. The van der Waals surface area contributed by atoms with Crippen molar-refractivity contribution in [1.82, 2.24) is 56.5 Å². The van der Waals surface area contributed by atoms with Crippen LogP contribution < -0.4 is 63.0 Å². The Kier molecular flexibility index (Phi) is 30.3. The van der Waals surface area contributed by atoms with Crippen molar-refractivity contribution in [2.75, 3.05) is 21.3 Å². The van der Waals surface area contributed by atoms with E-state index in [4.69, 9.17) is 53.8 Å². The van der Waals surface area contributed by atoms with Crippen molar-refractivity contribution >= 4 is 125 Å². The first-order valence-electron chi connectivity index (χ1n) is 44.9. The van der Waals surface area contributed by atoms with Gasteiger partial charge in [0.1, 0.15) is 55.2 Å². The van der Waals surface area contributed by atoms with Crippen LogP contribution in [0.2, 0.25) is 15.1 Å². The zero-order chi connectivity index (χ0) is 101. The standard InChI is InChI=1S/C29H24N4O3.C28H20Cl2N4O3.C28H21ClN4O3.C28H21FN4O3/c1-3-28(34)31-22-8-5-9-24(17-22)33-26-14-15-30-18-27(26)32(29(33)35)23-10-12-25(13-11-23)36-19-21-7-4-6-20(2)16-21;1-2-27(35)32-20-4-3-5-22(15-20)34-25-12-13-31-16-26(25)33(28(34)36)21-8-10-23(11-9-21)37-17-18-6-7-19(29)14-24(18)30;2*1-2-27(34)31-20-7-5-8-22(16-20)33-25-14-15-30-17-26(25)32(28(33)35)21-10-12-23(13-11-21)36-18-19-6-3-4-9-24(19)29/h3-18H,1,19H2,2H3,(H,31,34);2-16H,1,17H2,(H,32,35);2*2-17H,1,18H2,(H,31,34). The Labute approximate surface area is 842 Å². The predicted molar refractivity (Wildman–Crippen MR) is 565 cm³/mol. The second kappa shape index (κ2) is 45.0. The monoisotopic (exact) mass is 1980 g/mol. The summed E-state index contributed by atoms with van der Waals surface area (Å²) < 4.78 is 49.9. The van der Waals surface area contributed by atoms with Gasteiger partial charge in [-0.05, 0) is 255 Å². The minimum Gasteiger partial charge on any atom is -0.489 e. The lowest BCUT2D eigenvalue weighted by Crippen LogP contribution is -2.22. The molecule has 0 saturated heterocycles. The number of halogens is 4. The first kappa shape index (κ1) is 97.8. The minimum atomic E-state index is -0.344. The van der Waals surface area contributed by atoms with Crippen molar-refractivity contribution in [2.24, 2.45) is 0 Å². The van der Waals surface area contributed by atoms with E-state index in [-0.39, 0.29) is 65.4 Å². The zero-order valence-electron chi connectivity index (χ0n) is 77.3. The molecule has 0 aliphatic carbocycles. The quantitative estimate of drug-likeness (QED) is 0.0331. The van der Waals surface area contributed by atoms with Crippen molar-refractivity contribution in [3.63, 3.8) is 0 Å². The maximum absolute atomic E-state index is 13.9. The molecular formula is C113H86Cl3FN16O12. The van der Waals surface area contributed by atoms with Gasteiger partial charge >= 0.3 is 22.8 Å². The van der Waals surface area contributed by atoms with E-state index in [1.807, 2.05) is 97.1 Å². The first-order valence-corrected chi connectivity index (χ1v) is 46.1. The molecule has 32 heteroatoms. The second-order valence-corrected chi connectivity index (χ2v) is 33.5. The number of hydrogen-bond donors (Lipinski definition) is 4. The fraction of sp³-hybridized carbons (Fsp3) is 0.0442. The van der Waals surface area contributed by atoms with Crippen LogP contribution in [0, 0.1) is 12.7 Å². The van der Waals surface area contributed by atoms with E-state index < -0.39 is 0 Å². The molecule has 0 radical (unpaired) electrons. The van der Waals surface area contributed by atoms with Crippen LogP contribution in [0.4, 0.5) is 27.1 Å². The van der Waals surface area contributed by atoms with Crippen LogP contribution in [0.15, 0.2) is 429 Å². The fourth-order valence-electron chi connectivity index (χ4n) is 15.9. The molecule has 8 heterocycles. The lowest BCUT2D eigenvalue weighted by molar-refractivity contribution is -0.112. The van der Waals surface area contributed by atoms with Gasteiger partial charge in [0.05, 0.1) is 114 Å². The van der Waals surface area contributed by atoms with Crippen LogP contribution in [0.25, 0.3) is 89.6 Å². The maximum atomic E-state index is 13.9. The van der Waals surface area contributed by atoms with E-state index in [0.717, 1.165) is 16.7 Å². The molecule has 8 aromatic heterocycles. The van der Waals surface area contributed by atoms with Crippen LogP contribution in [0.5, 0.6) is 23.0 Å². The number of benzene rings is 12. The molecule has 0 spiro atoms. The van der Waals surface area contributed by atoms with Gasteiger partial charge in [-0.2, -0.15) is 0 Å². The average Bonchev–Trinajstić information content (AvgIpc) is 1.61. The molecule has 12 aromatic carbocycles. The third kappa shape index (κ3) is 22.5. The molecular weight excluding hydrogens is 1900 g/mol. The van der Waals surface area contributed by atoms with Crippen molar-refractivity contribution in [3.05, 3.63) is 500 Å². The molecule has 4 N–H and O–H groups in total. The number of rotatable bonds is 28. The SMILES string of the molecule is C=CC(=O)Nc1cccc(-n2c(=O)n(-c3ccc(OCc4ccc(Cl)cc4Cl)cc3)c3cnccc32)c1.C=CC(=O)Nc1cccc(-n2c(=O)n(-c3ccc(OCc4cccc(C)c4)cc3)c3cnccc32)c1.C=CC(=O)Nc1cccc(-n2c(=O)n(-c3ccc(OCc4ccccc4Cl)cc3)c3cnccc32)c1.C=CC(=O)Nc1cccc(-n2c(=O)n(-c3ccc(OCc4ccccc4F)cc3)c3cnccc32)c1. The maximum Gasteiger partial charge on any atom is 0.338 e. The van der Waals surface area contributed by atoms with Gasteiger partial charge in [-0.3, -0.25) is 75.7 Å². The molecule has 0 saturated carbocycles. The summed E-state index contributed by atoms with van der Waals surface area (Å²) in [6.45, 7) is 17.1. The van der Waals surface area contributed by atoms with Crippen LogP contribution in [-0.4, -0.2) is 80.1 Å². The molecule has 0 bridgehead atoms. The normalized spacial score (nSPS) is 10.8. The van der Waals surface area contributed by atoms with Crippen molar-refractivity contribution in [2.45, 2.75) is 33.4 Å². The second-order valence-electron chi connectivity index (χ2n) is 32.3. The Bertz CT molecular complexity index is 8340. The lowest BCUT2D eigenvalue weighted by atomic mass is 10.1. The summed E-state index contributed by atoms with van der Waals surface area (Å²) >= 11 is 18.4. The number of amides is 4. The Morgan fingerprint density at radius 2 is 0.586 bits per heavy atom. The van der Waals surface area contributed by atoms with Crippen molar-refractivity contribution in [3.8, 4) is 68.5 Å².